The number of aromatic nitrogens is 2. The van der Waals surface area contributed by atoms with E-state index in [1.54, 1.807) is 16.8 Å². The van der Waals surface area contributed by atoms with Gasteiger partial charge in [-0.05, 0) is 44.0 Å². The summed E-state index contributed by atoms with van der Waals surface area (Å²) in [5.41, 5.74) is 3.43. The SMILES string of the molecule is COC(=O)CCc1c(C)nn(-c2cccc(F)c2)c1C. The highest BCUT2D eigenvalue weighted by Crippen LogP contribution is 2.20. The molecule has 4 nitrogen and oxygen atoms in total. The number of halogens is 1. The van der Waals surface area contributed by atoms with Gasteiger partial charge >= 0.3 is 5.97 Å². The Balaban J connectivity index is 2.31. The quantitative estimate of drug-likeness (QED) is 0.806. The Morgan fingerprint density at radius 1 is 1.40 bits per heavy atom. The Morgan fingerprint density at radius 2 is 2.15 bits per heavy atom. The molecule has 0 aliphatic rings. The molecular formula is C15H17FN2O2. The van der Waals surface area contributed by atoms with Crippen molar-refractivity contribution in [2.24, 2.45) is 0 Å². The molecule has 0 radical (unpaired) electrons. The van der Waals surface area contributed by atoms with Crippen LogP contribution >= 0.6 is 0 Å². The molecule has 0 N–H and O–H groups in total. The zero-order chi connectivity index (χ0) is 14.7. The molecule has 106 valence electrons. The first-order valence-corrected chi connectivity index (χ1v) is 6.40. The predicted octanol–water partition coefficient (Wildman–Crippen LogP) is 2.73. The standard InChI is InChI=1S/C15H17FN2O2/c1-10-14(7-8-15(19)20-3)11(2)18(17-10)13-6-4-5-12(16)9-13/h4-6,9H,7-8H2,1-3H3. The number of carbonyl (C=O) groups excluding carboxylic acids is 1. The van der Waals surface area contributed by atoms with Crippen molar-refractivity contribution in [3.8, 4) is 5.69 Å². The van der Waals surface area contributed by atoms with E-state index in [0.717, 1.165) is 17.0 Å². The average Bonchev–Trinajstić information content (AvgIpc) is 2.71. The van der Waals surface area contributed by atoms with Crippen molar-refractivity contribution < 1.29 is 13.9 Å². The van der Waals surface area contributed by atoms with Gasteiger partial charge in [0.1, 0.15) is 5.82 Å². The first kappa shape index (κ1) is 14.2. The number of rotatable bonds is 4. The Labute approximate surface area is 117 Å². The molecule has 1 aromatic carbocycles. The molecule has 2 aromatic rings. The second-order valence-corrected chi connectivity index (χ2v) is 4.62. The lowest BCUT2D eigenvalue weighted by Crippen LogP contribution is -2.04. The lowest BCUT2D eigenvalue weighted by atomic mass is 10.1. The van der Waals surface area contributed by atoms with Crippen molar-refractivity contribution in [2.75, 3.05) is 7.11 Å². The van der Waals surface area contributed by atoms with Gasteiger partial charge in [-0.1, -0.05) is 6.07 Å². The van der Waals surface area contributed by atoms with E-state index in [1.807, 2.05) is 13.8 Å². The Hall–Kier alpha value is -2.17. The van der Waals surface area contributed by atoms with Gasteiger partial charge in [-0.3, -0.25) is 4.79 Å². The minimum Gasteiger partial charge on any atom is -0.469 e. The summed E-state index contributed by atoms with van der Waals surface area (Å²) in [4.78, 5) is 11.2. The molecule has 0 spiro atoms. The van der Waals surface area contributed by atoms with Crippen LogP contribution < -0.4 is 0 Å². The molecular weight excluding hydrogens is 259 g/mol. The number of carbonyl (C=O) groups is 1. The molecule has 0 saturated heterocycles. The van der Waals surface area contributed by atoms with Gasteiger partial charge in [0.05, 0.1) is 18.5 Å². The summed E-state index contributed by atoms with van der Waals surface area (Å²) in [6.45, 7) is 3.80. The molecule has 0 aliphatic heterocycles. The maximum Gasteiger partial charge on any atom is 0.305 e. The van der Waals surface area contributed by atoms with Crippen LogP contribution in [0.15, 0.2) is 24.3 Å². The summed E-state index contributed by atoms with van der Waals surface area (Å²) in [5, 5.41) is 4.42. The molecule has 5 heteroatoms. The van der Waals surface area contributed by atoms with E-state index in [2.05, 4.69) is 9.84 Å². The maximum absolute atomic E-state index is 13.3. The third-order valence-corrected chi connectivity index (χ3v) is 3.30. The number of hydrogen-bond donors (Lipinski definition) is 0. The van der Waals surface area contributed by atoms with Crippen molar-refractivity contribution >= 4 is 5.97 Å². The first-order chi connectivity index (χ1) is 9.52. The fourth-order valence-corrected chi connectivity index (χ4v) is 2.23. The highest BCUT2D eigenvalue weighted by atomic mass is 19.1. The van der Waals surface area contributed by atoms with Gasteiger partial charge in [-0.15, -0.1) is 0 Å². The van der Waals surface area contributed by atoms with E-state index in [1.165, 1.54) is 19.2 Å². The van der Waals surface area contributed by atoms with E-state index in [4.69, 9.17) is 0 Å². The normalized spacial score (nSPS) is 10.6. The first-order valence-electron chi connectivity index (χ1n) is 6.40. The van der Waals surface area contributed by atoms with E-state index in [9.17, 15) is 9.18 Å². The van der Waals surface area contributed by atoms with Crippen LogP contribution in [0, 0.1) is 19.7 Å². The zero-order valence-corrected chi connectivity index (χ0v) is 11.8. The highest BCUT2D eigenvalue weighted by molar-refractivity contribution is 5.69. The van der Waals surface area contributed by atoms with Crippen molar-refractivity contribution in [3.63, 3.8) is 0 Å². The summed E-state index contributed by atoms with van der Waals surface area (Å²) in [5.74, 6) is -0.548. The van der Waals surface area contributed by atoms with Crippen molar-refractivity contribution in [1.82, 2.24) is 9.78 Å². The molecule has 2 rings (SSSR count). The van der Waals surface area contributed by atoms with E-state index in [0.29, 0.717) is 18.5 Å². The molecule has 1 heterocycles. The van der Waals surface area contributed by atoms with Crippen LogP contribution in [0.2, 0.25) is 0 Å². The van der Waals surface area contributed by atoms with Gasteiger partial charge in [-0.2, -0.15) is 5.10 Å². The van der Waals surface area contributed by atoms with Crippen molar-refractivity contribution in [3.05, 3.63) is 47.0 Å². The van der Waals surface area contributed by atoms with Gasteiger partial charge in [0.2, 0.25) is 0 Å². The summed E-state index contributed by atoms with van der Waals surface area (Å²) in [6.07, 6.45) is 0.882. The zero-order valence-electron chi connectivity index (χ0n) is 11.8. The molecule has 0 aliphatic carbocycles. The fraction of sp³-hybridized carbons (Fsp3) is 0.333. The molecule has 0 fully saturated rings. The summed E-state index contributed by atoms with van der Waals surface area (Å²) in [7, 11) is 1.37. The minimum absolute atomic E-state index is 0.248. The van der Waals surface area contributed by atoms with Crippen molar-refractivity contribution in [2.45, 2.75) is 26.7 Å². The molecule has 1 aromatic heterocycles. The maximum atomic E-state index is 13.3. The molecule has 0 unspecified atom stereocenters. The Morgan fingerprint density at radius 3 is 2.80 bits per heavy atom. The number of benzene rings is 1. The van der Waals surface area contributed by atoms with Crippen molar-refractivity contribution in [1.29, 1.82) is 0 Å². The third-order valence-electron chi connectivity index (χ3n) is 3.30. The number of esters is 1. The average molecular weight is 276 g/mol. The smallest absolute Gasteiger partial charge is 0.305 e. The van der Waals surface area contributed by atoms with Crippen LogP contribution in [-0.2, 0) is 16.0 Å². The Kier molecular flexibility index (Phi) is 4.17. The van der Waals surface area contributed by atoms with Gasteiger partial charge < -0.3 is 4.74 Å². The van der Waals surface area contributed by atoms with Gasteiger partial charge in [0.15, 0.2) is 0 Å². The lowest BCUT2D eigenvalue weighted by molar-refractivity contribution is -0.140. The van der Waals surface area contributed by atoms with Gasteiger partial charge in [0.25, 0.3) is 0 Å². The van der Waals surface area contributed by atoms with Crippen LogP contribution in [0.5, 0.6) is 0 Å². The molecule has 20 heavy (non-hydrogen) atoms. The number of aryl methyl sites for hydroxylation is 1. The highest BCUT2D eigenvalue weighted by Gasteiger charge is 2.14. The number of hydrogen-bond acceptors (Lipinski definition) is 3. The van der Waals surface area contributed by atoms with Crippen LogP contribution in [0.1, 0.15) is 23.4 Å². The second-order valence-electron chi connectivity index (χ2n) is 4.62. The molecule has 0 amide bonds. The van der Waals surface area contributed by atoms with E-state index < -0.39 is 0 Å². The van der Waals surface area contributed by atoms with Crippen LogP contribution in [0.4, 0.5) is 4.39 Å². The topological polar surface area (TPSA) is 44.1 Å². The van der Waals surface area contributed by atoms with Crippen LogP contribution in [0.25, 0.3) is 5.69 Å². The fourth-order valence-electron chi connectivity index (χ4n) is 2.23. The molecule has 0 bridgehead atoms. The third kappa shape index (κ3) is 2.87. The summed E-state index contributed by atoms with van der Waals surface area (Å²) < 4.78 is 19.6. The molecule has 0 atom stereocenters. The minimum atomic E-state index is -0.300. The second kappa shape index (κ2) is 5.86. The molecule has 0 saturated carbocycles. The predicted molar refractivity (Wildman–Crippen MR) is 73.3 cm³/mol. The monoisotopic (exact) mass is 276 g/mol. The van der Waals surface area contributed by atoms with Crippen LogP contribution in [0.3, 0.4) is 0 Å². The van der Waals surface area contributed by atoms with Crippen LogP contribution in [-0.4, -0.2) is 22.9 Å². The summed E-state index contributed by atoms with van der Waals surface area (Å²) >= 11 is 0. The van der Waals surface area contributed by atoms with E-state index >= 15 is 0 Å². The summed E-state index contributed by atoms with van der Waals surface area (Å²) in [6, 6.07) is 6.28. The van der Waals surface area contributed by atoms with E-state index in [-0.39, 0.29) is 11.8 Å². The number of ether oxygens (including phenoxy) is 1. The van der Waals surface area contributed by atoms with Gasteiger partial charge in [0, 0.05) is 12.1 Å². The Bertz CT molecular complexity index is 635. The largest absolute Gasteiger partial charge is 0.469 e. The number of nitrogens with zero attached hydrogens (tertiary/aromatic N) is 2. The lowest BCUT2D eigenvalue weighted by Gasteiger charge is -2.05. The number of methoxy groups -OCH3 is 1. The van der Waals surface area contributed by atoms with Gasteiger partial charge in [-0.25, -0.2) is 9.07 Å².